The number of piperazine rings is 1. The highest BCUT2D eigenvalue weighted by Gasteiger charge is 2.41. The van der Waals surface area contributed by atoms with Gasteiger partial charge >= 0.3 is 0 Å². The van der Waals surface area contributed by atoms with Crippen LogP contribution in [0.1, 0.15) is 24.4 Å². The summed E-state index contributed by atoms with van der Waals surface area (Å²) in [5.74, 6) is 6.32. The molecule has 2 saturated heterocycles. The molecule has 0 aromatic carbocycles. The van der Waals surface area contributed by atoms with Gasteiger partial charge in [0.15, 0.2) is 0 Å². The predicted octanol–water partition coefficient (Wildman–Crippen LogP) is -0.596. The lowest BCUT2D eigenvalue weighted by molar-refractivity contribution is -0.154. The Hall–Kier alpha value is -2.22. The standard InChI is InChI=1S/C13H18N6O2/c1-8-5-10(17-14)16-11(15-8)6-18-7-12(20)19-4-2-3-9(19)13(18)21/h5,9H,2-4,6-7,14H2,1H3,(H,15,16,17). The minimum absolute atomic E-state index is 0.00178. The smallest absolute Gasteiger partial charge is 0.246 e. The Morgan fingerprint density at radius 2 is 2.24 bits per heavy atom. The number of hydrogen-bond acceptors (Lipinski definition) is 6. The van der Waals surface area contributed by atoms with Crippen LogP contribution in [0.2, 0.25) is 0 Å². The third-order valence-electron chi connectivity index (χ3n) is 3.88. The first-order valence-corrected chi connectivity index (χ1v) is 6.98. The quantitative estimate of drug-likeness (QED) is 0.569. The van der Waals surface area contributed by atoms with Crippen LogP contribution in [0, 0.1) is 6.92 Å². The molecule has 8 heteroatoms. The van der Waals surface area contributed by atoms with Crippen LogP contribution in [0.4, 0.5) is 5.82 Å². The van der Waals surface area contributed by atoms with Crippen molar-refractivity contribution < 1.29 is 9.59 Å². The number of nitrogens with one attached hydrogen (secondary N) is 1. The number of nitrogens with zero attached hydrogens (tertiary/aromatic N) is 4. The number of hydrogen-bond donors (Lipinski definition) is 2. The van der Waals surface area contributed by atoms with Crippen LogP contribution < -0.4 is 11.3 Å². The van der Waals surface area contributed by atoms with Crippen molar-refractivity contribution in [3.05, 3.63) is 17.6 Å². The summed E-state index contributed by atoms with van der Waals surface area (Å²) in [5.41, 5.74) is 3.23. The highest BCUT2D eigenvalue weighted by molar-refractivity contribution is 5.95. The summed E-state index contributed by atoms with van der Waals surface area (Å²) in [6.07, 6.45) is 1.63. The fourth-order valence-corrected chi connectivity index (χ4v) is 2.94. The highest BCUT2D eigenvalue weighted by atomic mass is 16.2. The monoisotopic (exact) mass is 290 g/mol. The number of carbonyl (C=O) groups excluding carboxylic acids is 2. The van der Waals surface area contributed by atoms with Crippen molar-refractivity contribution >= 4 is 17.6 Å². The molecule has 0 saturated carbocycles. The number of amides is 2. The minimum Gasteiger partial charge on any atom is -0.329 e. The molecule has 1 unspecified atom stereocenters. The number of fused-ring (bicyclic) bond motifs is 1. The van der Waals surface area contributed by atoms with Crippen LogP contribution >= 0.6 is 0 Å². The number of anilines is 1. The number of carbonyl (C=O) groups is 2. The van der Waals surface area contributed by atoms with Gasteiger partial charge in [0.1, 0.15) is 24.2 Å². The van der Waals surface area contributed by atoms with E-state index in [1.807, 2.05) is 6.92 Å². The molecule has 1 aromatic heterocycles. The van der Waals surface area contributed by atoms with Gasteiger partial charge in [-0.1, -0.05) is 0 Å². The molecule has 3 rings (SSSR count). The van der Waals surface area contributed by atoms with Crippen molar-refractivity contribution in [2.24, 2.45) is 5.84 Å². The maximum Gasteiger partial charge on any atom is 0.246 e. The Balaban J connectivity index is 1.79. The molecule has 8 nitrogen and oxygen atoms in total. The molecule has 2 aliphatic rings. The molecule has 1 atom stereocenters. The van der Waals surface area contributed by atoms with E-state index in [1.165, 1.54) is 4.90 Å². The normalized spacial score (nSPS) is 21.7. The van der Waals surface area contributed by atoms with Crippen LogP contribution in [-0.4, -0.2) is 50.7 Å². The van der Waals surface area contributed by atoms with E-state index < -0.39 is 0 Å². The number of hydrazine groups is 1. The van der Waals surface area contributed by atoms with Crippen LogP contribution in [0.3, 0.4) is 0 Å². The summed E-state index contributed by atoms with van der Waals surface area (Å²) in [6, 6.07) is 1.41. The summed E-state index contributed by atoms with van der Waals surface area (Å²) in [7, 11) is 0. The summed E-state index contributed by atoms with van der Waals surface area (Å²) >= 11 is 0. The molecule has 2 amide bonds. The minimum atomic E-state index is -0.303. The lowest BCUT2D eigenvalue weighted by Crippen LogP contribution is -2.57. The van der Waals surface area contributed by atoms with Gasteiger partial charge in [0.2, 0.25) is 11.8 Å². The van der Waals surface area contributed by atoms with Gasteiger partial charge in [-0.05, 0) is 19.8 Å². The number of rotatable bonds is 3. The molecular weight excluding hydrogens is 272 g/mol. The summed E-state index contributed by atoms with van der Waals surface area (Å²) < 4.78 is 0. The van der Waals surface area contributed by atoms with Gasteiger partial charge in [-0.25, -0.2) is 15.8 Å². The maximum atomic E-state index is 12.4. The molecule has 112 valence electrons. The van der Waals surface area contributed by atoms with Gasteiger partial charge in [0, 0.05) is 18.3 Å². The van der Waals surface area contributed by atoms with E-state index in [1.54, 1.807) is 11.0 Å². The molecular formula is C13H18N6O2. The zero-order valence-electron chi connectivity index (χ0n) is 11.9. The van der Waals surface area contributed by atoms with E-state index in [9.17, 15) is 9.59 Å². The molecule has 21 heavy (non-hydrogen) atoms. The lowest BCUT2D eigenvalue weighted by atomic mass is 10.1. The van der Waals surface area contributed by atoms with Crippen molar-refractivity contribution in [2.45, 2.75) is 32.4 Å². The van der Waals surface area contributed by atoms with Crippen molar-refractivity contribution in [1.29, 1.82) is 0 Å². The average molecular weight is 290 g/mol. The molecule has 3 heterocycles. The third-order valence-corrected chi connectivity index (χ3v) is 3.88. The van der Waals surface area contributed by atoms with E-state index in [0.717, 1.165) is 18.5 Å². The average Bonchev–Trinajstić information content (AvgIpc) is 2.94. The molecule has 2 aliphatic heterocycles. The molecule has 1 aromatic rings. The Bertz CT molecular complexity index is 590. The Morgan fingerprint density at radius 3 is 3.00 bits per heavy atom. The Morgan fingerprint density at radius 1 is 1.43 bits per heavy atom. The van der Waals surface area contributed by atoms with E-state index in [2.05, 4.69) is 15.4 Å². The highest BCUT2D eigenvalue weighted by Crippen LogP contribution is 2.24. The first-order valence-electron chi connectivity index (χ1n) is 6.98. The van der Waals surface area contributed by atoms with Crippen molar-refractivity contribution in [2.75, 3.05) is 18.5 Å². The lowest BCUT2D eigenvalue weighted by Gasteiger charge is -2.36. The number of nitrogens with two attached hydrogens (primary N) is 1. The van der Waals surface area contributed by atoms with Crippen LogP contribution in [0.25, 0.3) is 0 Å². The predicted molar refractivity (Wildman–Crippen MR) is 74.7 cm³/mol. The summed E-state index contributed by atoms with van der Waals surface area (Å²) in [6.45, 7) is 2.84. The fourth-order valence-electron chi connectivity index (χ4n) is 2.94. The van der Waals surface area contributed by atoms with Gasteiger partial charge in [-0.3, -0.25) is 9.59 Å². The fraction of sp³-hybridized carbons (Fsp3) is 0.538. The molecule has 2 fully saturated rings. The number of aryl methyl sites for hydroxylation is 1. The zero-order chi connectivity index (χ0) is 15.0. The number of aromatic nitrogens is 2. The summed E-state index contributed by atoms with van der Waals surface area (Å²) in [4.78, 5) is 36.2. The van der Waals surface area contributed by atoms with Crippen molar-refractivity contribution in [1.82, 2.24) is 19.8 Å². The van der Waals surface area contributed by atoms with Gasteiger partial charge in [0.05, 0.1) is 6.54 Å². The molecule has 0 spiro atoms. The van der Waals surface area contributed by atoms with Crippen LogP contribution in [0.15, 0.2) is 6.07 Å². The van der Waals surface area contributed by atoms with Gasteiger partial charge < -0.3 is 15.2 Å². The van der Waals surface area contributed by atoms with E-state index in [-0.39, 0.29) is 30.9 Å². The van der Waals surface area contributed by atoms with Crippen molar-refractivity contribution in [3.63, 3.8) is 0 Å². The van der Waals surface area contributed by atoms with Gasteiger partial charge in [0.25, 0.3) is 0 Å². The van der Waals surface area contributed by atoms with Crippen LogP contribution in [-0.2, 0) is 16.1 Å². The second kappa shape index (κ2) is 5.28. The Labute approximate surface area is 122 Å². The maximum absolute atomic E-state index is 12.4. The SMILES string of the molecule is Cc1cc(NN)nc(CN2CC(=O)N3CCCC3C2=O)n1. The molecule has 0 radical (unpaired) electrons. The largest absolute Gasteiger partial charge is 0.329 e. The van der Waals surface area contributed by atoms with Gasteiger partial charge in [-0.15, -0.1) is 0 Å². The first-order chi connectivity index (χ1) is 10.1. The zero-order valence-corrected chi connectivity index (χ0v) is 11.9. The third kappa shape index (κ3) is 2.54. The molecule has 0 aliphatic carbocycles. The molecule has 3 N–H and O–H groups in total. The second-order valence-corrected chi connectivity index (χ2v) is 5.39. The van der Waals surface area contributed by atoms with E-state index in [4.69, 9.17) is 5.84 Å². The van der Waals surface area contributed by atoms with Crippen molar-refractivity contribution in [3.8, 4) is 0 Å². The topological polar surface area (TPSA) is 104 Å². The van der Waals surface area contributed by atoms with Gasteiger partial charge in [-0.2, -0.15) is 0 Å². The van der Waals surface area contributed by atoms with E-state index in [0.29, 0.717) is 18.2 Å². The number of nitrogen functional groups attached to an aromatic ring is 1. The van der Waals surface area contributed by atoms with E-state index >= 15 is 0 Å². The molecule has 0 bridgehead atoms. The summed E-state index contributed by atoms with van der Waals surface area (Å²) in [5, 5.41) is 0. The first kappa shape index (κ1) is 13.7. The van der Waals surface area contributed by atoms with Crippen LogP contribution in [0.5, 0.6) is 0 Å². The second-order valence-electron chi connectivity index (χ2n) is 5.39. The Kier molecular flexibility index (Phi) is 3.46.